The molecule has 0 fully saturated rings. The first-order chi connectivity index (χ1) is 4.74. The zero-order chi connectivity index (χ0) is 7.56. The van der Waals surface area contributed by atoms with Crippen LogP contribution in [0.25, 0.3) is 0 Å². The fourth-order valence-electron chi connectivity index (χ4n) is 0.714. The molecule has 0 aliphatic heterocycles. The zero-order valence-corrected chi connectivity index (χ0v) is 5.56. The molecule has 0 spiro atoms. The van der Waals surface area contributed by atoms with Crippen LogP contribution in [0.4, 0.5) is 4.39 Å². The van der Waals surface area contributed by atoms with E-state index in [2.05, 4.69) is 0 Å². The van der Waals surface area contributed by atoms with Crippen LogP contribution in [0.5, 0.6) is 0 Å². The SMILES string of the molecule is [Li][c]1cc(C#N)ccc1F. The van der Waals surface area contributed by atoms with Gasteiger partial charge in [-0.3, -0.25) is 0 Å². The van der Waals surface area contributed by atoms with Crippen molar-refractivity contribution >= 4 is 22.0 Å². The van der Waals surface area contributed by atoms with Gasteiger partial charge in [-0.05, 0) is 0 Å². The molecule has 0 aromatic heterocycles. The maximum absolute atomic E-state index is 12.5. The van der Waals surface area contributed by atoms with E-state index in [1.165, 1.54) is 18.2 Å². The molecule has 3 heteroatoms. The van der Waals surface area contributed by atoms with Crippen molar-refractivity contribution in [2.75, 3.05) is 0 Å². The Labute approximate surface area is 67.7 Å². The summed E-state index contributed by atoms with van der Waals surface area (Å²) in [6, 6.07) is 6.21. The molecule has 0 aliphatic carbocycles. The number of benzene rings is 1. The number of halogens is 1. The van der Waals surface area contributed by atoms with Gasteiger partial charge in [0, 0.05) is 0 Å². The molecule has 1 aromatic rings. The van der Waals surface area contributed by atoms with Gasteiger partial charge >= 0.3 is 67.3 Å². The molecule has 0 unspecified atom stereocenters. The second kappa shape index (κ2) is 2.88. The predicted octanol–water partition coefficient (Wildman–Crippen LogP) is 0.491. The average molecular weight is 127 g/mol. The molecule has 0 bridgehead atoms. The van der Waals surface area contributed by atoms with Crippen LogP contribution in [0.2, 0.25) is 0 Å². The normalized spacial score (nSPS) is 9.00. The molecule has 0 saturated carbocycles. The van der Waals surface area contributed by atoms with Gasteiger partial charge in [0.25, 0.3) is 0 Å². The van der Waals surface area contributed by atoms with E-state index in [4.69, 9.17) is 5.26 Å². The predicted molar refractivity (Wildman–Crippen MR) is 36.5 cm³/mol. The summed E-state index contributed by atoms with van der Waals surface area (Å²) in [5.74, 6) is -0.265. The summed E-state index contributed by atoms with van der Waals surface area (Å²) in [5, 5.41) is 8.38. The van der Waals surface area contributed by atoms with Crippen molar-refractivity contribution in [3.05, 3.63) is 29.6 Å². The monoisotopic (exact) mass is 127 g/mol. The summed E-state index contributed by atoms with van der Waals surface area (Å²) in [5.41, 5.74) is 0.499. The van der Waals surface area contributed by atoms with Gasteiger partial charge in [-0.25, -0.2) is 0 Å². The number of nitrogens with zero attached hydrogens (tertiary/aromatic N) is 1. The molecule has 1 rings (SSSR count). The topological polar surface area (TPSA) is 23.8 Å². The summed E-state index contributed by atoms with van der Waals surface area (Å²) in [6.07, 6.45) is 0. The number of hydrogen-bond donors (Lipinski definition) is 0. The molecule has 0 heterocycles. The van der Waals surface area contributed by atoms with Gasteiger partial charge in [0.2, 0.25) is 0 Å². The van der Waals surface area contributed by atoms with Gasteiger partial charge in [0.15, 0.2) is 0 Å². The van der Waals surface area contributed by atoms with Crippen LogP contribution >= 0.6 is 0 Å². The molecule has 10 heavy (non-hydrogen) atoms. The molecule has 0 saturated heterocycles. The van der Waals surface area contributed by atoms with Gasteiger partial charge in [0.05, 0.1) is 0 Å². The molecule has 1 nitrogen and oxygen atoms in total. The standard InChI is InChI=1S/C7H3FN.Li/c8-7-3-1-6(5-9)2-4-7;/h1-3H;. The second-order valence-corrected chi connectivity index (χ2v) is 2.08. The van der Waals surface area contributed by atoms with E-state index in [1.54, 1.807) is 17.7 Å². The Morgan fingerprint density at radius 3 is 2.70 bits per heavy atom. The minimum absolute atomic E-state index is 0.265. The van der Waals surface area contributed by atoms with Crippen molar-refractivity contribution < 1.29 is 4.39 Å². The third-order valence-corrected chi connectivity index (χ3v) is 1.29. The van der Waals surface area contributed by atoms with Gasteiger partial charge in [-0.15, -0.1) is 0 Å². The summed E-state index contributed by atoms with van der Waals surface area (Å²) in [6.45, 7) is 0. The molecule has 0 N–H and O–H groups in total. The van der Waals surface area contributed by atoms with Crippen molar-refractivity contribution in [1.29, 1.82) is 5.26 Å². The number of rotatable bonds is 0. The van der Waals surface area contributed by atoms with E-state index in [0.717, 1.165) is 0 Å². The van der Waals surface area contributed by atoms with Crippen molar-refractivity contribution in [1.82, 2.24) is 0 Å². The van der Waals surface area contributed by atoms with Crippen LogP contribution < -0.4 is 4.24 Å². The van der Waals surface area contributed by atoms with Gasteiger partial charge in [-0.2, -0.15) is 0 Å². The van der Waals surface area contributed by atoms with Crippen molar-refractivity contribution in [3.63, 3.8) is 0 Å². The zero-order valence-electron chi connectivity index (χ0n) is 5.56. The summed E-state index contributed by atoms with van der Waals surface area (Å²) in [7, 11) is 0. The van der Waals surface area contributed by atoms with Crippen LogP contribution in [0.15, 0.2) is 18.2 Å². The van der Waals surface area contributed by atoms with Crippen LogP contribution in [0, 0.1) is 17.1 Å². The van der Waals surface area contributed by atoms with E-state index in [-0.39, 0.29) is 5.82 Å². The fraction of sp³-hybridized carbons (Fsp3) is 0. The molecule has 1 aromatic carbocycles. The Morgan fingerprint density at radius 1 is 1.50 bits per heavy atom. The van der Waals surface area contributed by atoms with Crippen LogP contribution in [0.1, 0.15) is 5.56 Å². The summed E-state index contributed by atoms with van der Waals surface area (Å²) >= 11 is 1.64. The van der Waals surface area contributed by atoms with E-state index >= 15 is 0 Å². The third-order valence-electron chi connectivity index (χ3n) is 1.29. The summed E-state index contributed by atoms with van der Waals surface area (Å²) < 4.78 is 13.0. The molecule has 0 aliphatic rings. The molecule has 0 radical (unpaired) electrons. The number of nitriles is 1. The first-order valence-corrected chi connectivity index (χ1v) is 2.90. The molecule has 44 valence electrons. The van der Waals surface area contributed by atoms with Crippen molar-refractivity contribution in [2.24, 2.45) is 0 Å². The van der Waals surface area contributed by atoms with Gasteiger partial charge < -0.3 is 0 Å². The quantitative estimate of drug-likeness (QED) is 0.465. The van der Waals surface area contributed by atoms with E-state index < -0.39 is 0 Å². The third kappa shape index (κ3) is 1.39. The van der Waals surface area contributed by atoms with E-state index in [0.29, 0.717) is 9.80 Å². The van der Waals surface area contributed by atoms with E-state index in [1.807, 2.05) is 6.07 Å². The average Bonchev–Trinajstić information content (AvgIpc) is 1.95. The molecular weight excluding hydrogens is 124 g/mol. The summed E-state index contributed by atoms with van der Waals surface area (Å²) in [4.78, 5) is 0. The second-order valence-electron chi connectivity index (χ2n) is 2.08. The number of hydrogen-bond acceptors (Lipinski definition) is 1. The Morgan fingerprint density at radius 2 is 2.20 bits per heavy atom. The first kappa shape index (κ1) is 7.35. The van der Waals surface area contributed by atoms with Crippen molar-refractivity contribution in [3.8, 4) is 6.07 Å². The minimum atomic E-state index is -0.265. The van der Waals surface area contributed by atoms with Crippen LogP contribution in [0.3, 0.4) is 0 Å². The van der Waals surface area contributed by atoms with Crippen LogP contribution in [-0.4, -0.2) is 17.7 Å². The fourth-order valence-corrected chi connectivity index (χ4v) is 0.714. The van der Waals surface area contributed by atoms with Gasteiger partial charge in [0.1, 0.15) is 0 Å². The molecular formula is C7H3FLiN. The Hall–Kier alpha value is -0.763. The first-order valence-electron chi connectivity index (χ1n) is 2.90. The van der Waals surface area contributed by atoms with Crippen molar-refractivity contribution in [2.45, 2.75) is 0 Å². The maximum atomic E-state index is 12.5. The van der Waals surface area contributed by atoms with Crippen LogP contribution in [-0.2, 0) is 0 Å². The Bertz CT molecular complexity index is 290. The molecule has 0 atom stereocenters. The Balaban J connectivity index is 3.20. The van der Waals surface area contributed by atoms with Gasteiger partial charge in [-0.1, -0.05) is 0 Å². The van der Waals surface area contributed by atoms with E-state index in [9.17, 15) is 4.39 Å². The Kier molecular flexibility index (Phi) is 2.12. The molecule has 0 amide bonds.